The number of halogens is 1. The van der Waals surface area contributed by atoms with Gasteiger partial charge >= 0.3 is 5.63 Å². The van der Waals surface area contributed by atoms with Gasteiger partial charge in [0.2, 0.25) is 5.91 Å². The second-order valence-electron chi connectivity index (χ2n) is 10.2. The Balaban J connectivity index is 1.25. The molecule has 2 fully saturated rings. The van der Waals surface area contributed by atoms with Gasteiger partial charge in [0.25, 0.3) is 0 Å². The molecule has 1 aliphatic heterocycles. The van der Waals surface area contributed by atoms with E-state index in [9.17, 15) is 14.7 Å². The topological polar surface area (TPSA) is 80.0 Å². The molecule has 6 nitrogen and oxygen atoms in total. The van der Waals surface area contributed by atoms with Gasteiger partial charge in [0.1, 0.15) is 17.9 Å². The molecule has 7 heteroatoms. The molecule has 2 atom stereocenters. The molecule has 1 aromatic heterocycles. The fourth-order valence-corrected chi connectivity index (χ4v) is 6.18. The third-order valence-corrected chi connectivity index (χ3v) is 8.42. The van der Waals surface area contributed by atoms with Gasteiger partial charge in [-0.15, -0.1) is 0 Å². The number of hydrogen-bond donors (Lipinski definition) is 1. The Morgan fingerprint density at radius 3 is 2.92 bits per heavy atom. The van der Waals surface area contributed by atoms with Gasteiger partial charge in [-0.2, -0.15) is 0 Å². The van der Waals surface area contributed by atoms with E-state index in [4.69, 9.17) is 9.15 Å². The largest absolute Gasteiger partial charge is 0.489 e. The van der Waals surface area contributed by atoms with E-state index in [0.717, 1.165) is 46.7 Å². The van der Waals surface area contributed by atoms with E-state index in [1.807, 2.05) is 48.2 Å². The number of ether oxygens (including phenoxy) is 1. The van der Waals surface area contributed by atoms with Crippen LogP contribution in [0.4, 0.5) is 0 Å². The summed E-state index contributed by atoms with van der Waals surface area (Å²) in [4.78, 5) is 27.7. The number of carbonyl (C=O) groups is 1. The van der Waals surface area contributed by atoms with Crippen LogP contribution in [0.1, 0.15) is 55.2 Å². The molecule has 0 radical (unpaired) electrons. The Kier molecular flexibility index (Phi) is 7.22. The predicted octanol–water partition coefficient (Wildman–Crippen LogP) is 5.53. The fourth-order valence-electron chi connectivity index (χ4n) is 5.73. The number of benzene rings is 2. The highest BCUT2D eigenvalue weighted by molar-refractivity contribution is 9.10. The summed E-state index contributed by atoms with van der Waals surface area (Å²) in [6.07, 6.45) is 5.24. The number of nitrogens with zero attached hydrogens (tertiary/aromatic N) is 1. The zero-order valence-electron chi connectivity index (χ0n) is 20.6. The summed E-state index contributed by atoms with van der Waals surface area (Å²) < 4.78 is 12.5. The quantitative estimate of drug-likeness (QED) is 0.406. The van der Waals surface area contributed by atoms with Crippen LogP contribution in [0, 0.1) is 12.8 Å². The van der Waals surface area contributed by atoms with Crippen LogP contribution in [0.3, 0.4) is 0 Å². The van der Waals surface area contributed by atoms with Crippen molar-refractivity contribution in [1.29, 1.82) is 0 Å². The van der Waals surface area contributed by atoms with Gasteiger partial charge in [0.15, 0.2) is 0 Å². The highest BCUT2D eigenvalue weighted by Crippen LogP contribution is 2.40. The first kappa shape index (κ1) is 25.0. The molecule has 2 aliphatic rings. The van der Waals surface area contributed by atoms with Gasteiger partial charge in [-0.25, -0.2) is 4.79 Å². The molecule has 0 unspecified atom stereocenters. The number of rotatable bonds is 6. The molecule has 5 rings (SSSR count). The normalized spacial score (nSPS) is 21.9. The van der Waals surface area contributed by atoms with Crippen molar-refractivity contribution in [1.82, 2.24) is 4.90 Å². The second-order valence-corrected chi connectivity index (χ2v) is 11.1. The minimum atomic E-state index is -0.606. The van der Waals surface area contributed by atoms with Crippen molar-refractivity contribution >= 4 is 32.8 Å². The zero-order valence-corrected chi connectivity index (χ0v) is 22.2. The molecule has 36 heavy (non-hydrogen) atoms. The van der Waals surface area contributed by atoms with E-state index < -0.39 is 11.2 Å². The molecule has 1 N–H and O–H groups in total. The number of fused-ring (bicyclic) bond motifs is 2. The smallest absolute Gasteiger partial charge is 0.339 e. The Labute approximate surface area is 219 Å². The van der Waals surface area contributed by atoms with Crippen molar-refractivity contribution < 1.29 is 19.1 Å². The van der Waals surface area contributed by atoms with Crippen LogP contribution in [-0.4, -0.2) is 34.6 Å². The first-order valence-electron chi connectivity index (χ1n) is 12.8. The monoisotopic (exact) mass is 553 g/mol. The van der Waals surface area contributed by atoms with Gasteiger partial charge in [-0.1, -0.05) is 40.9 Å². The summed E-state index contributed by atoms with van der Waals surface area (Å²) in [5.74, 6) is 0.829. The lowest BCUT2D eigenvalue weighted by Gasteiger charge is -2.47. The second kappa shape index (κ2) is 10.4. The summed E-state index contributed by atoms with van der Waals surface area (Å²) >= 11 is 3.46. The molecule has 1 saturated heterocycles. The van der Waals surface area contributed by atoms with Crippen molar-refractivity contribution in [3.63, 3.8) is 0 Å². The van der Waals surface area contributed by atoms with E-state index in [1.165, 1.54) is 0 Å². The molecule has 2 aromatic carbocycles. The highest BCUT2D eigenvalue weighted by Gasteiger charge is 2.43. The molecular formula is C29H32BrNO5. The molecule has 1 aliphatic carbocycles. The fraction of sp³-hybridized carbons (Fsp3) is 0.448. The average molecular weight is 554 g/mol. The van der Waals surface area contributed by atoms with Crippen molar-refractivity contribution in [2.75, 3.05) is 13.1 Å². The number of likely N-dealkylation sites (tertiary alicyclic amines) is 1. The number of carbonyl (C=O) groups excluding carboxylic acids is 1. The zero-order chi connectivity index (χ0) is 25.3. The molecule has 2 heterocycles. The lowest BCUT2D eigenvalue weighted by atomic mass is 9.71. The van der Waals surface area contributed by atoms with Crippen molar-refractivity contribution in [3.8, 4) is 5.75 Å². The van der Waals surface area contributed by atoms with Crippen molar-refractivity contribution in [2.45, 2.75) is 64.1 Å². The van der Waals surface area contributed by atoms with E-state index in [-0.39, 0.29) is 18.2 Å². The highest BCUT2D eigenvalue weighted by atomic mass is 79.9. The number of aliphatic hydroxyl groups is 1. The van der Waals surface area contributed by atoms with Gasteiger partial charge < -0.3 is 19.2 Å². The van der Waals surface area contributed by atoms with Crippen LogP contribution in [-0.2, 0) is 17.8 Å². The van der Waals surface area contributed by atoms with Gasteiger partial charge in [0.05, 0.1) is 5.60 Å². The average Bonchev–Trinajstić information content (AvgIpc) is 2.86. The first-order valence-corrected chi connectivity index (χ1v) is 13.6. The Bertz CT molecular complexity index is 1330. The van der Waals surface area contributed by atoms with Crippen molar-refractivity contribution in [2.24, 2.45) is 5.92 Å². The third-order valence-electron chi connectivity index (χ3n) is 7.92. The number of aryl methyl sites for hydroxylation is 1. The number of hydrogen-bond acceptors (Lipinski definition) is 5. The van der Waals surface area contributed by atoms with Crippen LogP contribution in [0.5, 0.6) is 5.75 Å². The minimum absolute atomic E-state index is 0.0396. The molecule has 1 saturated carbocycles. The summed E-state index contributed by atoms with van der Waals surface area (Å²) in [6, 6.07) is 13.4. The maximum Gasteiger partial charge on any atom is 0.339 e. The maximum absolute atomic E-state index is 13.0. The van der Waals surface area contributed by atoms with Gasteiger partial charge in [0, 0.05) is 46.9 Å². The minimum Gasteiger partial charge on any atom is -0.489 e. The van der Waals surface area contributed by atoms with Crippen LogP contribution in [0.2, 0.25) is 0 Å². The summed E-state index contributed by atoms with van der Waals surface area (Å²) in [5.41, 5.74) is 1.89. The molecule has 3 aromatic rings. The number of piperidine rings is 1. The maximum atomic E-state index is 13.0. The summed E-state index contributed by atoms with van der Waals surface area (Å²) in [6.45, 7) is 3.51. The lowest BCUT2D eigenvalue weighted by Crippen LogP contribution is -2.54. The van der Waals surface area contributed by atoms with E-state index in [2.05, 4.69) is 15.9 Å². The van der Waals surface area contributed by atoms with E-state index >= 15 is 0 Å². The summed E-state index contributed by atoms with van der Waals surface area (Å²) in [7, 11) is 0. The SMILES string of the molecule is Cc1c(CCC(=O)N2CC[C@]3(O)CCCC[C@H]3C2)c(=O)oc2cc(OCc3cccc(Br)c3)ccc12. The van der Waals surface area contributed by atoms with Gasteiger partial charge in [-0.05, 0) is 68.0 Å². The molecular weight excluding hydrogens is 522 g/mol. The Morgan fingerprint density at radius 2 is 2.08 bits per heavy atom. The number of amides is 1. The van der Waals surface area contributed by atoms with E-state index in [1.54, 1.807) is 6.07 Å². The van der Waals surface area contributed by atoms with Crippen LogP contribution in [0.15, 0.2) is 56.1 Å². The molecule has 1 amide bonds. The van der Waals surface area contributed by atoms with Crippen molar-refractivity contribution in [3.05, 3.63) is 74.0 Å². The molecule has 0 bridgehead atoms. The standard InChI is InChI=1S/C29H32BrNO5/c1-19-24-9-8-23(35-18-20-5-4-7-22(30)15-20)16-26(24)36-28(33)25(19)10-11-27(32)31-14-13-29(34)12-3-2-6-21(29)17-31/h4-5,7-9,15-16,21,34H,2-3,6,10-14,17-18H2,1H3/t21-,29+/m0/s1. The third kappa shape index (κ3) is 5.23. The first-order chi connectivity index (χ1) is 17.3. The van der Waals surface area contributed by atoms with Crippen LogP contribution >= 0.6 is 15.9 Å². The Morgan fingerprint density at radius 1 is 1.22 bits per heavy atom. The lowest BCUT2D eigenvalue weighted by molar-refractivity contribution is -0.143. The summed E-state index contributed by atoms with van der Waals surface area (Å²) in [5, 5.41) is 11.7. The van der Waals surface area contributed by atoms with Crippen LogP contribution in [0.25, 0.3) is 11.0 Å². The molecule has 190 valence electrons. The van der Waals surface area contributed by atoms with Crippen LogP contribution < -0.4 is 10.4 Å². The molecule has 0 spiro atoms. The Hall–Kier alpha value is -2.64. The predicted molar refractivity (Wildman–Crippen MR) is 142 cm³/mol. The van der Waals surface area contributed by atoms with Gasteiger partial charge in [-0.3, -0.25) is 4.79 Å². The van der Waals surface area contributed by atoms with E-state index in [0.29, 0.717) is 49.4 Å².